The van der Waals surface area contributed by atoms with Crippen LogP contribution < -0.4 is 10.1 Å². The Balaban J connectivity index is 1.36. The Hall–Kier alpha value is -2.89. The lowest BCUT2D eigenvalue weighted by Crippen LogP contribution is -2.44. The van der Waals surface area contributed by atoms with Gasteiger partial charge in [0.05, 0.1) is 19.3 Å². The topological polar surface area (TPSA) is 50.8 Å². The van der Waals surface area contributed by atoms with Crippen molar-refractivity contribution >= 4 is 16.7 Å². The highest BCUT2D eigenvalue weighted by Crippen LogP contribution is 2.22. The fourth-order valence-corrected chi connectivity index (χ4v) is 3.80. The molecule has 1 N–H and O–H groups in total. The lowest BCUT2D eigenvalue weighted by atomic mass is 10.0. The summed E-state index contributed by atoms with van der Waals surface area (Å²) in [6, 6.07) is 22.6. The molecule has 1 fully saturated rings. The van der Waals surface area contributed by atoms with Crippen LogP contribution in [0.4, 0.5) is 0 Å². The van der Waals surface area contributed by atoms with Gasteiger partial charge in [-0.25, -0.2) is 0 Å². The fraction of sp³-hybridized carbons (Fsp3) is 0.320. The number of fused-ring (bicyclic) bond motifs is 1. The molecule has 1 heterocycles. The first-order valence-corrected chi connectivity index (χ1v) is 10.5. The summed E-state index contributed by atoms with van der Waals surface area (Å²) < 4.78 is 11.2. The Kier molecular flexibility index (Phi) is 6.62. The third-order valence-electron chi connectivity index (χ3n) is 5.53. The quantitative estimate of drug-likeness (QED) is 0.652. The van der Waals surface area contributed by atoms with Crippen LogP contribution in [0.25, 0.3) is 10.8 Å². The van der Waals surface area contributed by atoms with E-state index in [9.17, 15) is 4.79 Å². The van der Waals surface area contributed by atoms with Crippen molar-refractivity contribution in [3.05, 3.63) is 77.9 Å². The molecule has 0 bridgehead atoms. The van der Waals surface area contributed by atoms with Gasteiger partial charge < -0.3 is 14.8 Å². The predicted molar refractivity (Wildman–Crippen MR) is 119 cm³/mol. The Bertz CT molecular complexity index is 981. The number of hydrogen-bond donors (Lipinski definition) is 1. The van der Waals surface area contributed by atoms with Gasteiger partial charge in [0.25, 0.3) is 5.91 Å². The molecule has 0 unspecified atom stereocenters. The lowest BCUT2D eigenvalue weighted by molar-refractivity contribution is -0.123. The van der Waals surface area contributed by atoms with E-state index in [1.807, 2.05) is 36.4 Å². The van der Waals surface area contributed by atoms with Crippen molar-refractivity contribution in [2.75, 3.05) is 39.5 Å². The monoisotopic (exact) mass is 404 g/mol. The molecule has 5 nitrogen and oxygen atoms in total. The standard InChI is InChI=1S/C25H28N2O3/c1-19-6-8-21(9-7-19)24(27-12-14-29-15-13-27)17-26-25(28)18-30-23-11-10-20-4-2-3-5-22(20)16-23/h2-11,16,24H,12-15,17-18H2,1H3,(H,26,28)/t24-/m0/s1. The maximum absolute atomic E-state index is 12.5. The van der Waals surface area contributed by atoms with Crippen LogP contribution in [0.15, 0.2) is 66.7 Å². The van der Waals surface area contributed by atoms with Gasteiger partial charge in [0, 0.05) is 19.6 Å². The molecular formula is C25H28N2O3. The van der Waals surface area contributed by atoms with Crippen LogP contribution in [-0.2, 0) is 9.53 Å². The number of morpholine rings is 1. The molecule has 1 atom stereocenters. The molecule has 1 aliphatic rings. The maximum atomic E-state index is 12.5. The SMILES string of the molecule is Cc1ccc([C@H](CNC(=O)COc2ccc3ccccc3c2)N2CCOCC2)cc1. The zero-order valence-electron chi connectivity index (χ0n) is 17.3. The molecule has 5 heteroatoms. The third-order valence-corrected chi connectivity index (χ3v) is 5.53. The summed E-state index contributed by atoms with van der Waals surface area (Å²) in [4.78, 5) is 14.8. The number of ether oxygens (including phenoxy) is 2. The second kappa shape index (κ2) is 9.74. The zero-order valence-corrected chi connectivity index (χ0v) is 17.3. The van der Waals surface area contributed by atoms with E-state index in [2.05, 4.69) is 47.5 Å². The van der Waals surface area contributed by atoms with Gasteiger partial charge in [-0.2, -0.15) is 0 Å². The van der Waals surface area contributed by atoms with Gasteiger partial charge >= 0.3 is 0 Å². The molecule has 0 aliphatic carbocycles. The van der Waals surface area contributed by atoms with E-state index >= 15 is 0 Å². The van der Waals surface area contributed by atoms with Gasteiger partial charge in [-0.3, -0.25) is 9.69 Å². The largest absolute Gasteiger partial charge is 0.484 e. The summed E-state index contributed by atoms with van der Waals surface area (Å²) >= 11 is 0. The number of rotatable bonds is 7. The molecule has 1 amide bonds. The summed E-state index contributed by atoms with van der Waals surface area (Å²) in [6.07, 6.45) is 0. The summed E-state index contributed by atoms with van der Waals surface area (Å²) in [5.74, 6) is 0.584. The number of amides is 1. The first-order valence-electron chi connectivity index (χ1n) is 10.5. The number of hydrogen-bond acceptors (Lipinski definition) is 4. The first-order chi connectivity index (χ1) is 14.7. The predicted octanol–water partition coefficient (Wildman–Crippen LogP) is 3.72. The molecule has 1 saturated heterocycles. The number of nitrogens with zero attached hydrogens (tertiary/aromatic N) is 1. The number of aryl methyl sites for hydroxylation is 1. The molecule has 156 valence electrons. The van der Waals surface area contributed by atoms with Crippen molar-refractivity contribution in [2.45, 2.75) is 13.0 Å². The Morgan fingerprint density at radius 2 is 1.77 bits per heavy atom. The highest BCUT2D eigenvalue weighted by molar-refractivity contribution is 5.84. The minimum Gasteiger partial charge on any atom is -0.484 e. The van der Waals surface area contributed by atoms with Gasteiger partial charge in [-0.1, -0.05) is 60.2 Å². The Labute approximate surface area is 177 Å². The number of nitrogens with one attached hydrogen (secondary N) is 1. The van der Waals surface area contributed by atoms with Crippen molar-refractivity contribution in [2.24, 2.45) is 0 Å². The number of benzene rings is 3. The minimum absolute atomic E-state index is 0.00205. The first kappa shape index (κ1) is 20.4. The normalized spacial score (nSPS) is 15.6. The summed E-state index contributed by atoms with van der Waals surface area (Å²) in [7, 11) is 0. The van der Waals surface area contributed by atoms with Crippen LogP contribution in [0.5, 0.6) is 5.75 Å². The lowest BCUT2D eigenvalue weighted by Gasteiger charge is -2.35. The van der Waals surface area contributed by atoms with Crippen molar-refractivity contribution in [3.8, 4) is 5.75 Å². The van der Waals surface area contributed by atoms with Gasteiger partial charge in [0.15, 0.2) is 6.61 Å². The molecule has 0 aromatic heterocycles. The van der Waals surface area contributed by atoms with E-state index in [4.69, 9.17) is 9.47 Å². The summed E-state index contributed by atoms with van der Waals surface area (Å²) in [6.45, 7) is 5.80. The van der Waals surface area contributed by atoms with Crippen LogP contribution in [0.2, 0.25) is 0 Å². The second-order valence-electron chi connectivity index (χ2n) is 7.68. The van der Waals surface area contributed by atoms with Crippen LogP contribution in [0.1, 0.15) is 17.2 Å². The molecule has 0 radical (unpaired) electrons. The molecular weight excluding hydrogens is 376 g/mol. The smallest absolute Gasteiger partial charge is 0.258 e. The fourth-order valence-electron chi connectivity index (χ4n) is 3.80. The number of carbonyl (C=O) groups is 1. The van der Waals surface area contributed by atoms with Gasteiger partial charge in [0.1, 0.15) is 5.75 Å². The summed E-state index contributed by atoms with van der Waals surface area (Å²) in [5, 5.41) is 5.31. The minimum atomic E-state index is -0.117. The van der Waals surface area contributed by atoms with Crippen molar-refractivity contribution in [1.82, 2.24) is 10.2 Å². The van der Waals surface area contributed by atoms with Crippen LogP contribution >= 0.6 is 0 Å². The average Bonchev–Trinajstić information content (AvgIpc) is 2.79. The molecule has 0 spiro atoms. The van der Waals surface area contributed by atoms with E-state index in [-0.39, 0.29) is 18.6 Å². The molecule has 0 saturated carbocycles. The highest BCUT2D eigenvalue weighted by Gasteiger charge is 2.23. The van der Waals surface area contributed by atoms with Gasteiger partial charge in [-0.15, -0.1) is 0 Å². The zero-order chi connectivity index (χ0) is 20.8. The molecule has 30 heavy (non-hydrogen) atoms. The van der Waals surface area contributed by atoms with Gasteiger partial charge in [0.2, 0.25) is 0 Å². The molecule has 3 aromatic carbocycles. The summed E-state index contributed by atoms with van der Waals surface area (Å²) in [5.41, 5.74) is 2.44. The van der Waals surface area contributed by atoms with Crippen LogP contribution in [0.3, 0.4) is 0 Å². The van der Waals surface area contributed by atoms with E-state index in [1.165, 1.54) is 11.1 Å². The molecule has 4 rings (SSSR count). The van der Waals surface area contributed by atoms with Crippen LogP contribution in [-0.4, -0.2) is 50.3 Å². The van der Waals surface area contributed by atoms with Crippen molar-refractivity contribution < 1.29 is 14.3 Å². The molecule has 1 aliphatic heterocycles. The van der Waals surface area contributed by atoms with Crippen molar-refractivity contribution in [3.63, 3.8) is 0 Å². The van der Waals surface area contributed by atoms with E-state index in [0.717, 1.165) is 37.1 Å². The van der Waals surface area contributed by atoms with Crippen LogP contribution in [0, 0.1) is 6.92 Å². The van der Waals surface area contributed by atoms with Crippen molar-refractivity contribution in [1.29, 1.82) is 0 Å². The second-order valence-corrected chi connectivity index (χ2v) is 7.68. The maximum Gasteiger partial charge on any atom is 0.258 e. The van der Waals surface area contributed by atoms with E-state index < -0.39 is 0 Å². The number of carbonyl (C=O) groups excluding carboxylic acids is 1. The van der Waals surface area contributed by atoms with E-state index in [1.54, 1.807) is 0 Å². The van der Waals surface area contributed by atoms with E-state index in [0.29, 0.717) is 12.3 Å². The van der Waals surface area contributed by atoms with Gasteiger partial charge in [-0.05, 0) is 35.4 Å². The Morgan fingerprint density at radius 1 is 1.03 bits per heavy atom. The average molecular weight is 405 g/mol. The third kappa shape index (κ3) is 5.17. The highest BCUT2D eigenvalue weighted by atomic mass is 16.5. The molecule has 3 aromatic rings. The Morgan fingerprint density at radius 3 is 2.53 bits per heavy atom.